The number of hydrogen-bond donors (Lipinski definition) is 2. The third-order valence-electron chi connectivity index (χ3n) is 2.65. The molecule has 0 saturated carbocycles. The van der Waals surface area contributed by atoms with Crippen LogP contribution in [0.5, 0.6) is 0 Å². The maximum absolute atomic E-state index is 11.7. The van der Waals surface area contributed by atoms with Gasteiger partial charge in [-0.15, -0.1) is 0 Å². The molecule has 0 aliphatic rings. The normalized spacial score (nSPS) is 10.3. The van der Waals surface area contributed by atoms with Gasteiger partial charge in [-0.1, -0.05) is 19.1 Å². The highest BCUT2D eigenvalue weighted by Crippen LogP contribution is 2.09. The van der Waals surface area contributed by atoms with Crippen LogP contribution in [0.25, 0.3) is 0 Å². The van der Waals surface area contributed by atoms with Crippen molar-refractivity contribution in [3.63, 3.8) is 0 Å². The molecule has 116 valence electrons. The zero-order valence-electron chi connectivity index (χ0n) is 12.3. The van der Waals surface area contributed by atoms with Crippen LogP contribution in [0.2, 0.25) is 0 Å². The zero-order chi connectivity index (χ0) is 15.5. The number of ether oxygens (including phenoxy) is 2. The number of nitrogens with two attached hydrogens (primary N) is 1. The van der Waals surface area contributed by atoms with Crippen LogP contribution in [0, 0.1) is 0 Å². The molecule has 6 heteroatoms. The first-order chi connectivity index (χ1) is 10.1. The van der Waals surface area contributed by atoms with Crippen LogP contribution in [-0.2, 0) is 14.3 Å². The summed E-state index contributed by atoms with van der Waals surface area (Å²) >= 11 is 4.87. The summed E-state index contributed by atoms with van der Waals surface area (Å²) in [5, 5.41) is 2.78. The van der Waals surface area contributed by atoms with Crippen molar-refractivity contribution < 1.29 is 14.3 Å². The summed E-state index contributed by atoms with van der Waals surface area (Å²) < 4.78 is 10.6. The van der Waals surface area contributed by atoms with Gasteiger partial charge in [-0.3, -0.25) is 4.79 Å². The first-order valence-electron chi connectivity index (χ1n) is 6.98. The number of benzene rings is 1. The Morgan fingerprint density at radius 3 is 2.33 bits per heavy atom. The lowest BCUT2D eigenvalue weighted by molar-refractivity contribution is -0.117. The second-order valence-corrected chi connectivity index (χ2v) is 4.90. The van der Waals surface area contributed by atoms with Gasteiger partial charge in [-0.25, -0.2) is 0 Å². The lowest BCUT2D eigenvalue weighted by atomic mass is 10.2. The highest BCUT2D eigenvalue weighted by Gasteiger charge is 2.03. The molecule has 0 unspecified atom stereocenters. The molecule has 0 spiro atoms. The van der Waals surface area contributed by atoms with Crippen molar-refractivity contribution in [2.45, 2.75) is 19.8 Å². The molecule has 1 aromatic rings. The first kappa shape index (κ1) is 17.6. The Labute approximate surface area is 130 Å². The van der Waals surface area contributed by atoms with Gasteiger partial charge >= 0.3 is 0 Å². The highest BCUT2D eigenvalue weighted by atomic mass is 32.1. The second kappa shape index (κ2) is 10.3. The van der Waals surface area contributed by atoms with Gasteiger partial charge in [0.15, 0.2) is 0 Å². The fraction of sp³-hybridized carbons (Fsp3) is 0.467. The smallest absolute Gasteiger partial charge is 0.226 e. The SMILES string of the molecule is CCCOCCOCCC(=O)Nc1ccc(C(N)=S)cc1. The lowest BCUT2D eigenvalue weighted by Crippen LogP contribution is -2.15. The van der Waals surface area contributed by atoms with Crippen LogP contribution >= 0.6 is 12.2 Å². The van der Waals surface area contributed by atoms with Gasteiger partial charge < -0.3 is 20.5 Å². The average molecular weight is 310 g/mol. The Balaban J connectivity index is 2.17. The minimum atomic E-state index is -0.0902. The molecule has 0 aromatic heterocycles. The van der Waals surface area contributed by atoms with Gasteiger partial charge in [0.05, 0.1) is 26.2 Å². The van der Waals surface area contributed by atoms with E-state index in [0.717, 1.165) is 18.6 Å². The van der Waals surface area contributed by atoms with Crippen LogP contribution in [-0.4, -0.2) is 37.3 Å². The molecular formula is C15H22N2O3S. The van der Waals surface area contributed by atoms with Crippen LogP contribution < -0.4 is 11.1 Å². The second-order valence-electron chi connectivity index (χ2n) is 4.46. The Morgan fingerprint density at radius 1 is 1.14 bits per heavy atom. The predicted molar refractivity (Wildman–Crippen MR) is 87.5 cm³/mol. The molecule has 0 aliphatic carbocycles. The van der Waals surface area contributed by atoms with Crippen LogP contribution in [0.15, 0.2) is 24.3 Å². The van der Waals surface area contributed by atoms with E-state index in [0.29, 0.717) is 36.9 Å². The summed E-state index contributed by atoms with van der Waals surface area (Å²) in [4.78, 5) is 12.0. The maximum Gasteiger partial charge on any atom is 0.226 e. The molecular weight excluding hydrogens is 288 g/mol. The van der Waals surface area contributed by atoms with E-state index in [9.17, 15) is 4.79 Å². The average Bonchev–Trinajstić information content (AvgIpc) is 2.47. The summed E-state index contributed by atoms with van der Waals surface area (Å²) in [6.45, 7) is 4.25. The minimum absolute atomic E-state index is 0.0902. The van der Waals surface area contributed by atoms with E-state index in [-0.39, 0.29) is 5.91 Å². The van der Waals surface area contributed by atoms with Gasteiger partial charge in [0.1, 0.15) is 4.99 Å². The highest BCUT2D eigenvalue weighted by molar-refractivity contribution is 7.80. The molecule has 3 N–H and O–H groups in total. The van der Waals surface area contributed by atoms with Gasteiger partial charge in [0, 0.05) is 17.9 Å². The lowest BCUT2D eigenvalue weighted by Gasteiger charge is -2.07. The molecule has 0 saturated heterocycles. The Bertz CT molecular complexity index is 449. The minimum Gasteiger partial charge on any atom is -0.389 e. The van der Waals surface area contributed by atoms with Crippen molar-refractivity contribution in [2.75, 3.05) is 31.7 Å². The molecule has 0 radical (unpaired) electrons. The summed E-state index contributed by atoms with van der Waals surface area (Å²) in [6, 6.07) is 7.09. The Kier molecular flexibility index (Phi) is 8.57. The maximum atomic E-state index is 11.7. The van der Waals surface area contributed by atoms with E-state index in [1.54, 1.807) is 24.3 Å². The van der Waals surface area contributed by atoms with Crippen molar-refractivity contribution in [1.82, 2.24) is 0 Å². The van der Waals surface area contributed by atoms with Crippen molar-refractivity contribution in [3.05, 3.63) is 29.8 Å². The molecule has 0 atom stereocenters. The first-order valence-corrected chi connectivity index (χ1v) is 7.39. The molecule has 0 heterocycles. The molecule has 1 aromatic carbocycles. The summed E-state index contributed by atoms with van der Waals surface area (Å²) in [5.74, 6) is -0.0902. The summed E-state index contributed by atoms with van der Waals surface area (Å²) in [6.07, 6.45) is 1.31. The third-order valence-corrected chi connectivity index (χ3v) is 2.88. The third kappa shape index (κ3) is 7.75. The number of rotatable bonds is 10. The standard InChI is InChI=1S/C15H22N2O3S/c1-2-8-19-10-11-20-9-7-14(18)17-13-5-3-12(4-6-13)15(16)21/h3-6H,2,7-11H2,1H3,(H2,16,21)(H,17,18). The number of amides is 1. The number of hydrogen-bond acceptors (Lipinski definition) is 4. The fourth-order valence-corrected chi connectivity index (χ4v) is 1.71. The van der Waals surface area contributed by atoms with E-state index < -0.39 is 0 Å². The zero-order valence-corrected chi connectivity index (χ0v) is 13.1. The number of thiocarbonyl (C=S) groups is 1. The molecule has 1 amide bonds. The largest absolute Gasteiger partial charge is 0.389 e. The summed E-state index contributed by atoms with van der Waals surface area (Å²) in [7, 11) is 0. The monoisotopic (exact) mass is 310 g/mol. The van der Waals surface area contributed by atoms with Crippen molar-refractivity contribution >= 4 is 28.8 Å². The van der Waals surface area contributed by atoms with Crippen LogP contribution in [0.3, 0.4) is 0 Å². The predicted octanol–water partition coefficient (Wildman–Crippen LogP) is 2.09. The molecule has 21 heavy (non-hydrogen) atoms. The number of carbonyl (C=O) groups excluding carboxylic acids is 1. The van der Waals surface area contributed by atoms with Gasteiger partial charge in [-0.2, -0.15) is 0 Å². The summed E-state index contributed by atoms with van der Waals surface area (Å²) in [5.41, 5.74) is 7.00. The quantitative estimate of drug-likeness (QED) is 0.511. The van der Waals surface area contributed by atoms with E-state index in [4.69, 9.17) is 27.4 Å². The van der Waals surface area contributed by atoms with E-state index in [1.807, 2.05) is 0 Å². The molecule has 5 nitrogen and oxygen atoms in total. The molecule has 0 aliphatic heterocycles. The van der Waals surface area contributed by atoms with Gasteiger partial charge in [0.2, 0.25) is 5.91 Å². The van der Waals surface area contributed by atoms with E-state index >= 15 is 0 Å². The number of carbonyl (C=O) groups is 1. The van der Waals surface area contributed by atoms with Crippen molar-refractivity contribution in [1.29, 1.82) is 0 Å². The van der Waals surface area contributed by atoms with Gasteiger partial charge in [-0.05, 0) is 30.7 Å². The number of anilines is 1. The molecule has 1 rings (SSSR count). The Hall–Kier alpha value is -1.50. The Morgan fingerprint density at radius 2 is 1.76 bits per heavy atom. The van der Waals surface area contributed by atoms with Crippen molar-refractivity contribution in [3.8, 4) is 0 Å². The van der Waals surface area contributed by atoms with Crippen LogP contribution in [0.1, 0.15) is 25.3 Å². The van der Waals surface area contributed by atoms with Crippen molar-refractivity contribution in [2.24, 2.45) is 5.73 Å². The van der Waals surface area contributed by atoms with Crippen LogP contribution in [0.4, 0.5) is 5.69 Å². The van der Waals surface area contributed by atoms with E-state index in [1.165, 1.54) is 0 Å². The molecule has 0 fully saturated rings. The van der Waals surface area contributed by atoms with E-state index in [2.05, 4.69) is 12.2 Å². The van der Waals surface area contributed by atoms with Gasteiger partial charge in [0.25, 0.3) is 0 Å². The fourth-order valence-electron chi connectivity index (χ4n) is 1.57. The topological polar surface area (TPSA) is 73.6 Å². The molecule has 0 bridgehead atoms. The number of nitrogens with one attached hydrogen (secondary N) is 1.